The van der Waals surface area contributed by atoms with E-state index in [0.717, 1.165) is 11.1 Å². The molecule has 4 aromatic rings. The Hall–Kier alpha value is -4.37. The van der Waals surface area contributed by atoms with Gasteiger partial charge in [0.25, 0.3) is 0 Å². The largest absolute Gasteiger partial charge is 0.489 e. The number of hydrogen-bond acceptors (Lipinski definition) is 5. The molecule has 4 rings (SSSR count). The van der Waals surface area contributed by atoms with Crippen LogP contribution in [0.3, 0.4) is 0 Å². The Labute approximate surface area is 230 Å². The molecule has 3 N–H and O–H groups in total. The Morgan fingerprint density at radius 3 is 2.51 bits per heavy atom. The number of hydrogen-bond donors (Lipinski definition) is 3. The summed E-state index contributed by atoms with van der Waals surface area (Å²) in [4.78, 5) is 46.5. The normalized spacial score (nSPS) is 12.1. The van der Waals surface area contributed by atoms with E-state index in [1.807, 2.05) is 32.9 Å². The molecule has 0 aliphatic carbocycles. The topological polar surface area (TPSA) is 125 Å². The van der Waals surface area contributed by atoms with E-state index in [1.165, 1.54) is 4.90 Å². The zero-order valence-corrected chi connectivity index (χ0v) is 22.5. The highest BCUT2D eigenvalue weighted by atomic mass is 35.5. The number of carboxylic acids is 1. The van der Waals surface area contributed by atoms with Crippen LogP contribution in [0.15, 0.2) is 67.0 Å². The van der Waals surface area contributed by atoms with Gasteiger partial charge in [-0.1, -0.05) is 35.9 Å². The van der Waals surface area contributed by atoms with E-state index in [1.54, 1.807) is 54.9 Å². The molecular formula is C29H29ClN4O5. The maximum atomic E-state index is 13.6. The van der Waals surface area contributed by atoms with Gasteiger partial charge in [0.05, 0.1) is 0 Å². The fourth-order valence-electron chi connectivity index (χ4n) is 4.27. The van der Waals surface area contributed by atoms with Gasteiger partial charge in [0, 0.05) is 51.5 Å². The van der Waals surface area contributed by atoms with Crippen molar-refractivity contribution in [2.45, 2.75) is 45.5 Å². The molecule has 0 spiro atoms. The number of halogens is 1. The van der Waals surface area contributed by atoms with Crippen LogP contribution in [-0.4, -0.2) is 43.8 Å². The number of H-pyrrole nitrogens is 1. The van der Waals surface area contributed by atoms with Gasteiger partial charge in [-0.15, -0.1) is 0 Å². The molecule has 2 amide bonds. The third-order valence-corrected chi connectivity index (χ3v) is 6.15. The lowest BCUT2D eigenvalue weighted by Gasteiger charge is -2.31. The molecule has 0 fully saturated rings. The van der Waals surface area contributed by atoms with Crippen LogP contribution in [0.1, 0.15) is 54.0 Å². The number of aromatic amines is 1. The molecule has 1 atom stereocenters. The molecular weight excluding hydrogens is 520 g/mol. The van der Waals surface area contributed by atoms with Crippen molar-refractivity contribution in [2.75, 3.05) is 0 Å². The summed E-state index contributed by atoms with van der Waals surface area (Å²) in [6.07, 6.45) is 3.97. The Balaban J connectivity index is 1.67. The van der Waals surface area contributed by atoms with Crippen LogP contribution in [-0.2, 0) is 22.7 Å². The van der Waals surface area contributed by atoms with Crippen molar-refractivity contribution in [3.05, 3.63) is 94.4 Å². The lowest BCUT2D eigenvalue weighted by Crippen LogP contribution is -2.47. The van der Waals surface area contributed by atoms with E-state index >= 15 is 0 Å². The second-order valence-corrected chi connectivity index (χ2v) is 10.6. The van der Waals surface area contributed by atoms with Gasteiger partial charge in [-0.2, -0.15) is 0 Å². The maximum absolute atomic E-state index is 13.6. The summed E-state index contributed by atoms with van der Waals surface area (Å²) in [7, 11) is 0. The summed E-state index contributed by atoms with van der Waals surface area (Å²) < 4.78 is 5.81. The van der Waals surface area contributed by atoms with Gasteiger partial charge in [0.1, 0.15) is 24.1 Å². The van der Waals surface area contributed by atoms with Crippen molar-refractivity contribution in [2.24, 2.45) is 0 Å². The van der Waals surface area contributed by atoms with E-state index in [2.05, 4.69) is 15.3 Å². The molecule has 202 valence electrons. The van der Waals surface area contributed by atoms with Gasteiger partial charge < -0.3 is 25.0 Å². The SMILES string of the molecule is CC(C)(C)NC(=O)C(c1c(C(=O)O)[nH]c2cc(Cl)ccc12)N(C=O)Cc1ccc(OCc2cccnc2)cc1. The van der Waals surface area contributed by atoms with E-state index in [0.29, 0.717) is 34.7 Å². The van der Waals surface area contributed by atoms with Crippen LogP contribution in [0.4, 0.5) is 0 Å². The second-order valence-electron chi connectivity index (χ2n) is 10.1. The van der Waals surface area contributed by atoms with Crippen molar-refractivity contribution < 1.29 is 24.2 Å². The predicted octanol–water partition coefficient (Wildman–Crippen LogP) is 5.11. The first-order valence-electron chi connectivity index (χ1n) is 12.2. The fourth-order valence-corrected chi connectivity index (χ4v) is 4.44. The van der Waals surface area contributed by atoms with Crippen LogP contribution in [0.25, 0.3) is 10.9 Å². The Kier molecular flexibility index (Phi) is 8.21. The van der Waals surface area contributed by atoms with Crippen LogP contribution >= 0.6 is 11.6 Å². The minimum Gasteiger partial charge on any atom is -0.489 e. The van der Waals surface area contributed by atoms with Gasteiger partial charge in [-0.25, -0.2) is 4.79 Å². The standard InChI is InChI=1S/C29H29ClN4O5/c1-29(2,3)33-27(36)26(24-22-11-8-20(30)13-23(22)32-25(24)28(37)38)34(17-35)15-18-6-9-21(10-7-18)39-16-19-5-4-12-31-14-19/h4-14,17,26,32H,15-16H2,1-3H3,(H,33,36)(H,37,38). The number of nitrogens with one attached hydrogen (secondary N) is 2. The summed E-state index contributed by atoms with van der Waals surface area (Å²) >= 11 is 6.13. The third kappa shape index (κ3) is 6.74. The van der Waals surface area contributed by atoms with Crippen molar-refractivity contribution >= 4 is 40.8 Å². The number of fused-ring (bicyclic) bond motifs is 1. The van der Waals surface area contributed by atoms with Crippen molar-refractivity contribution in [1.29, 1.82) is 0 Å². The highest BCUT2D eigenvalue weighted by Gasteiger charge is 2.35. The lowest BCUT2D eigenvalue weighted by molar-refractivity contribution is -0.134. The number of rotatable bonds is 10. The van der Waals surface area contributed by atoms with Gasteiger partial charge in [-0.05, 0) is 56.7 Å². The first kappa shape index (κ1) is 27.7. The molecule has 0 aliphatic heterocycles. The fraction of sp³-hybridized carbons (Fsp3) is 0.241. The Morgan fingerprint density at radius 2 is 1.90 bits per heavy atom. The number of pyridine rings is 1. The lowest BCUT2D eigenvalue weighted by atomic mass is 9.98. The highest BCUT2D eigenvalue weighted by Crippen LogP contribution is 2.34. The molecule has 0 bridgehead atoms. The molecule has 2 aromatic carbocycles. The molecule has 0 saturated carbocycles. The van der Waals surface area contributed by atoms with Gasteiger partial charge in [0.15, 0.2) is 0 Å². The molecule has 2 aromatic heterocycles. The number of aromatic carboxylic acids is 1. The number of aromatic nitrogens is 2. The van der Waals surface area contributed by atoms with Crippen molar-refractivity contribution in [3.63, 3.8) is 0 Å². The number of ether oxygens (including phenoxy) is 1. The van der Waals surface area contributed by atoms with E-state index in [9.17, 15) is 19.5 Å². The average molecular weight is 549 g/mol. The number of carbonyl (C=O) groups is 3. The average Bonchev–Trinajstić information content (AvgIpc) is 3.26. The van der Waals surface area contributed by atoms with Crippen LogP contribution in [0.2, 0.25) is 5.02 Å². The predicted molar refractivity (Wildman–Crippen MR) is 148 cm³/mol. The third-order valence-electron chi connectivity index (χ3n) is 5.92. The van der Waals surface area contributed by atoms with E-state index in [-0.39, 0.29) is 17.8 Å². The molecule has 0 radical (unpaired) electrons. The molecule has 39 heavy (non-hydrogen) atoms. The summed E-state index contributed by atoms with van der Waals surface area (Å²) in [6.45, 7) is 5.83. The number of carboxylic acid groups (broad SMARTS) is 1. The van der Waals surface area contributed by atoms with Crippen LogP contribution in [0, 0.1) is 0 Å². The molecule has 9 nitrogen and oxygen atoms in total. The zero-order valence-electron chi connectivity index (χ0n) is 21.8. The molecule has 1 unspecified atom stereocenters. The van der Waals surface area contributed by atoms with Gasteiger partial charge in [-0.3, -0.25) is 14.6 Å². The molecule has 10 heteroatoms. The van der Waals surface area contributed by atoms with E-state index < -0.39 is 23.5 Å². The maximum Gasteiger partial charge on any atom is 0.352 e. The number of benzene rings is 2. The smallest absolute Gasteiger partial charge is 0.352 e. The number of nitrogens with zero attached hydrogens (tertiary/aromatic N) is 2. The summed E-state index contributed by atoms with van der Waals surface area (Å²) in [5.74, 6) is -1.14. The van der Waals surface area contributed by atoms with Crippen LogP contribution < -0.4 is 10.1 Å². The zero-order chi connectivity index (χ0) is 28.2. The Bertz CT molecular complexity index is 1480. The van der Waals surface area contributed by atoms with Gasteiger partial charge in [0.2, 0.25) is 12.3 Å². The minimum absolute atomic E-state index is 0.0495. The highest BCUT2D eigenvalue weighted by molar-refractivity contribution is 6.31. The second kappa shape index (κ2) is 11.6. The molecule has 2 heterocycles. The molecule has 0 aliphatic rings. The quantitative estimate of drug-likeness (QED) is 0.237. The number of carbonyl (C=O) groups excluding carboxylic acids is 2. The van der Waals surface area contributed by atoms with Crippen LogP contribution in [0.5, 0.6) is 5.75 Å². The van der Waals surface area contributed by atoms with Gasteiger partial charge >= 0.3 is 5.97 Å². The van der Waals surface area contributed by atoms with Crippen molar-refractivity contribution in [3.8, 4) is 5.75 Å². The monoisotopic (exact) mass is 548 g/mol. The Morgan fingerprint density at radius 1 is 1.15 bits per heavy atom. The first-order valence-corrected chi connectivity index (χ1v) is 12.6. The van der Waals surface area contributed by atoms with Crippen molar-refractivity contribution in [1.82, 2.24) is 20.2 Å². The number of amides is 2. The van der Waals surface area contributed by atoms with E-state index in [4.69, 9.17) is 16.3 Å². The summed E-state index contributed by atoms with van der Waals surface area (Å²) in [5.41, 5.74) is 1.46. The first-order chi connectivity index (χ1) is 18.6. The summed E-state index contributed by atoms with van der Waals surface area (Å²) in [6, 6.07) is 14.5. The molecule has 0 saturated heterocycles. The summed E-state index contributed by atoms with van der Waals surface area (Å²) in [5, 5.41) is 13.8. The minimum atomic E-state index is -1.26.